The second-order valence-corrected chi connectivity index (χ2v) is 7.03. The highest BCUT2D eigenvalue weighted by Gasteiger charge is 2.43. The number of amides is 1. The fourth-order valence-corrected chi connectivity index (χ4v) is 3.74. The Labute approximate surface area is 153 Å². The molecule has 0 aromatic heterocycles. The van der Waals surface area contributed by atoms with Gasteiger partial charge in [0.1, 0.15) is 0 Å². The number of carbonyl (C=O) groups excluding carboxylic acids is 2. The second kappa shape index (κ2) is 6.70. The molecular formula is C18H19F3N2O4. The van der Waals surface area contributed by atoms with Crippen molar-refractivity contribution in [1.29, 1.82) is 0 Å². The van der Waals surface area contributed by atoms with E-state index in [1.807, 2.05) is 0 Å². The minimum absolute atomic E-state index is 0.0518. The fourth-order valence-electron chi connectivity index (χ4n) is 3.74. The van der Waals surface area contributed by atoms with Crippen LogP contribution in [0.3, 0.4) is 0 Å². The van der Waals surface area contributed by atoms with Gasteiger partial charge in [-0.25, -0.2) is 0 Å². The van der Waals surface area contributed by atoms with E-state index in [4.69, 9.17) is 9.47 Å². The topological polar surface area (TPSA) is 59.1 Å². The minimum atomic E-state index is -4.26. The van der Waals surface area contributed by atoms with Gasteiger partial charge < -0.3 is 9.47 Å². The molecule has 0 saturated carbocycles. The molecule has 1 saturated heterocycles. The van der Waals surface area contributed by atoms with Crippen molar-refractivity contribution in [3.8, 4) is 11.5 Å². The van der Waals surface area contributed by atoms with Crippen LogP contribution in [0, 0.1) is 5.92 Å². The van der Waals surface area contributed by atoms with Crippen LogP contribution in [0.25, 0.3) is 0 Å². The van der Waals surface area contributed by atoms with Crippen LogP contribution in [0.5, 0.6) is 11.5 Å². The van der Waals surface area contributed by atoms with Gasteiger partial charge in [-0.1, -0.05) is 0 Å². The average molecular weight is 384 g/mol. The number of rotatable bonds is 2. The molecule has 1 amide bonds. The van der Waals surface area contributed by atoms with Gasteiger partial charge in [-0.2, -0.15) is 13.2 Å². The molecule has 3 aliphatic heterocycles. The van der Waals surface area contributed by atoms with E-state index in [0.29, 0.717) is 49.8 Å². The van der Waals surface area contributed by atoms with Crippen molar-refractivity contribution >= 4 is 17.4 Å². The molecule has 6 nitrogen and oxygen atoms in total. The molecule has 0 N–H and O–H groups in total. The molecule has 0 unspecified atom stereocenters. The van der Waals surface area contributed by atoms with Gasteiger partial charge in [-0.15, -0.1) is 0 Å². The number of fused-ring (bicyclic) bond motifs is 2. The Balaban J connectivity index is 1.59. The summed E-state index contributed by atoms with van der Waals surface area (Å²) in [6, 6.07) is 3.06. The van der Waals surface area contributed by atoms with Gasteiger partial charge in [0, 0.05) is 19.0 Å². The first-order chi connectivity index (χ1) is 12.8. The highest BCUT2D eigenvalue weighted by Crippen LogP contribution is 2.41. The molecule has 1 atom stereocenters. The van der Waals surface area contributed by atoms with Crippen LogP contribution >= 0.6 is 0 Å². The Hall–Kier alpha value is -2.29. The highest BCUT2D eigenvalue weighted by molar-refractivity contribution is 6.52. The molecule has 0 radical (unpaired) electrons. The monoisotopic (exact) mass is 384 g/mol. The lowest BCUT2D eigenvalue weighted by Gasteiger charge is -2.35. The summed E-state index contributed by atoms with van der Waals surface area (Å²) in [5.41, 5.74) is 0.567. The third-order valence-electron chi connectivity index (χ3n) is 5.15. The summed E-state index contributed by atoms with van der Waals surface area (Å²) in [4.78, 5) is 27.6. The number of carbonyl (C=O) groups is 2. The number of alkyl halides is 3. The van der Waals surface area contributed by atoms with Crippen LogP contribution in [0.4, 0.5) is 18.9 Å². The van der Waals surface area contributed by atoms with Crippen LogP contribution in [0.1, 0.15) is 29.6 Å². The quantitative estimate of drug-likeness (QED) is 0.734. The molecule has 0 spiro atoms. The summed E-state index contributed by atoms with van der Waals surface area (Å²) < 4.78 is 50.3. The zero-order valence-corrected chi connectivity index (χ0v) is 14.6. The molecule has 1 fully saturated rings. The fraction of sp³-hybridized carbons (Fsp3) is 0.556. The van der Waals surface area contributed by atoms with E-state index in [0.717, 1.165) is 0 Å². The number of benzene rings is 1. The second-order valence-electron chi connectivity index (χ2n) is 7.03. The number of anilines is 1. The van der Waals surface area contributed by atoms with Gasteiger partial charge >= 0.3 is 12.1 Å². The van der Waals surface area contributed by atoms with Crippen LogP contribution in [-0.2, 0) is 4.79 Å². The Kier molecular flexibility index (Phi) is 4.49. The number of piperidine rings is 1. The van der Waals surface area contributed by atoms with E-state index in [9.17, 15) is 22.8 Å². The van der Waals surface area contributed by atoms with Crippen LogP contribution < -0.4 is 14.4 Å². The number of Topliss-reactive ketones (excluding diaryl/α,β-unsaturated/α-hetero) is 1. The van der Waals surface area contributed by atoms with Crippen molar-refractivity contribution < 1.29 is 32.2 Å². The molecule has 0 aliphatic carbocycles. The van der Waals surface area contributed by atoms with Crippen molar-refractivity contribution in [2.75, 3.05) is 37.9 Å². The maximum absolute atomic E-state index is 13.0. The summed E-state index contributed by atoms with van der Waals surface area (Å²) >= 11 is 0. The zero-order chi connectivity index (χ0) is 19.2. The summed E-state index contributed by atoms with van der Waals surface area (Å²) in [5, 5.41) is 0. The van der Waals surface area contributed by atoms with Gasteiger partial charge in [0.05, 0.1) is 37.1 Å². The Bertz CT molecular complexity index is 781. The maximum Gasteiger partial charge on any atom is 0.393 e. The molecule has 146 valence electrons. The molecule has 1 aromatic carbocycles. The number of likely N-dealkylation sites (tertiary alicyclic amines) is 1. The van der Waals surface area contributed by atoms with Gasteiger partial charge in [-0.3, -0.25) is 19.4 Å². The van der Waals surface area contributed by atoms with Gasteiger partial charge in [0.25, 0.3) is 5.78 Å². The summed E-state index contributed by atoms with van der Waals surface area (Å²) in [7, 11) is 0. The highest BCUT2D eigenvalue weighted by atomic mass is 19.4. The standard InChI is InChI=1S/C18H19F3N2O4/c19-18(20,21)11-3-1-4-22(9-11)10-23-13-8-15-14(26-5-2-6-27-15)7-12(13)16(24)17(23)25/h7-8,11H,1-6,9-10H2/t11-/m0/s1. The van der Waals surface area contributed by atoms with Gasteiger partial charge in [0.2, 0.25) is 0 Å². The molecule has 1 aromatic rings. The van der Waals surface area contributed by atoms with E-state index in [1.54, 1.807) is 11.0 Å². The molecule has 27 heavy (non-hydrogen) atoms. The zero-order valence-electron chi connectivity index (χ0n) is 14.6. The minimum Gasteiger partial charge on any atom is -0.490 e. The first-order valence-corrected chi connectivity index (χ1v) is 8.93. The lowest BCUT2D eigenvalue weighted by molar-refractivity contribution is -0.186. The largest absolute Gasteiger partial charge is 0.490 e. The van der Waals surface area contributed by atoms with Crippen molar-refractivity contribution in [3.63, 3.8) is 0 Å². The number of hydrogen-bond acceptors (Lipinski definition) is 5. The molecule has 0 bridgehead atoms. The Morgan fingerprint density at radius 3 is 2.48 bits per heavy atom. The average Bonchev–Trinajstić information content (AvgIpc) is 2.81. The summed E-state index contributed by atoms with van der Waals surface area (Å²) in [5.74, 6) is -1.98. The molecule has 9 heteroatoms. The summed E-state index contributed by atoms with van der Waals surface area (Å²) in [6.45, 7) is 1.12. The predicted octanol–water partition coefficient (Wildman–Crippen LogP) is 2.61. The molecule has 4 rings (SSSR count). The van der Waals surface area contributed by atoms with Gasteiger partial charge in [0.15, 0.2) is 11.5 Å². The predicted molar refractivity (Wildman–Crippen MR) is 89.1 cm³/mol. The number of ether oxygens (including phenoxy) is 2. The Morgan fingerprint density at radius 2 is 1.78 bits per heavy atom. The molecular weight excluding hydrogens is 365 g/mol. The van der Waals surface area contributed by atoms with Crippen LogP contribution in [0.2, 0.25) is 0 Å². The van der Waals surface area contributed by atoms with Crippen molar-refractivity contribution in [3.05, 3.63) is 17.7 Å². The SMILES string of the molecule is O=C1C(=O)N(CN2CCC[C@H](C(F)(F)F)C2)c2cc3c(cc21)OCCCO3. The number of halogens is 3. The van der Waals surface area contributed by atoms with Crippen molar-refractivity contribution in [1.82, 2.24) is 4.90 Å². The van der Waals surface area contributed by atoms with E-state index >= 15 is 0 Å². The van der Waals surface area contributed by atoms with E-state index in [1.165, 1.54) is 11.0 Å². The van der Waals surface area contributed by atoms with Crippen LogP contribution in [-0.4, -0.2) is 55.7 Å². The van der Waals surface area contributed by atoms with Crippen molar-refractivity contribution in [2.24, 2.45) is 5.92 Å². The first-order valence-electron chi connectivity index (χ1n) is 8.93. The van der Waals surface area contributed by atoms with Crippen LogP contribution in [0.15, 0.2) is 12.1 Å². The Morgan fingerprint density at radius 1 is 1.07 bits per heavy atom. The number of hydrogen-bond donors (Lipinski definition) is 0. The van der Waals surface area contributed by atoms with E-state index < -0.39 is 23.8 Å². The van der Waals surface area contributed by atoms with Gasteiger partial charge in [-0.05, 0) is 25.5 Å². The number of nitrogens with zero attached hydrogens (tertiary/aromatic N) is 2. The van der Waals surface area contributed by atoms with E-state index in [-0.39, 0.29) is 25.2 Å². The first kappa shape index (κ1) is 18.1. The third kappa shape index (κ3) is 3.36. The summed E-state index contributed by atoms with van der Waals surface area (Å²) in [6.07, 6.45) is -3.08. The van der Waals surface area contributed by atoms with E-state index in [2.05, 4.69) is 0 Å². The molecule has 3 aliphatic rings. The lowest BCUT2D eigenvalue weighted by atomic mass is 9.98. The molecule has 3 heterocycles. The maximum atomic E-state index is 13.0. The number of ketones is 1. The third-order valence-corrected chi connectivity index (χ3v) is 5.15. The lowest BCUT2D eigenvalue weighted by Crippen LogP contribution is -2.48. The van der Waals surface area contributed by atoms with Crippen molar-refractivity contribution in [2.45, 2.75) is 25.4 Å². The smallest absolute Gasteiger partial charge is 0.393 e. The normalized spacial score (nSPS) is 23.4.